The highest BCUT2D eigenvalue weighted by molar-refractivity contribution is 5.84. The first-order valence-corrected chi connectivity index (χ1v) is 6.12. The third kappa shape index (κ3) is 3.00. The lowest BCUT2D eigenvalue weighted by molar-refractivity contribution is 0.200. The Hall–Kier alpha value is -1.58. The summed E-state index contributed by atoms with van der Waals surface area (Å²) >= 11 is 0. The Morgan fingerprint density at radius 1 is 1.11 bits per heavy atom. The average Bonchev–Trinajstić information content (AvgIpc) is 2.36. The highest BCUT2D eigenvalue weighted by Crippen LogP contribution is 2.22. The number of aliphatic hydroxyl groups excluding tert-OH is 1. The summed E-state index contributed by atoms with van der Waals surface area (Å²) < 4.78 is 0. The maximum atomic E-state index is 9.40. The lowest BCUT2D eigenvalue weighted by atomic mass is 9.94. The number of nitrogens with two attached hydrogens (primary N) is 1. The molecule has 3 nitrogen and oxygen atoms in total. The largest absolute Gasteiger partial charge is 0.508 e. The number of aryl methyl sites for hydroxylation is 1. The minimum Gasteiger partial charge on any atom is -0.508 e. The van der Waals surface area contributed by atoms with Gasteiger partial charge in [-0.3, -0.25) is 0 Å². The molecule has 1 unspecified atom stereocenters. The van der Waals surface area contributed by atoms with Gasteiger partial charge >= 0.3 is 0 Å². The number of hydrogen-bond acceptors (Lipinski definition) is 3. The molecule has 0 aliphatic carbocycles. The third-order valence-corrected chi connectivity index (χ3v) is 3.23. The SMILES string of the molecule is CC(N)(CO)CCc1ccc2cc(O)ccc2c1. The molecule has 4 N–H and O–H groups in total. The Bertz CT molecular complexity index is 549. The third-order valence-electron chi connectivity index (χ3n) is 3.23. The summed E-state index contributed by atoms with van der Waals surface area (Å²) in [5.41, 5.74) is 6.58. The molecule has 18 heavy (non-hydrogen) atoms. The van der Waals surface area contributed by atoms with Crippen LogP contribution in [-0.2, 0) is 6.42 Å². The molecule has 0 saturated heterocycles. The second kappa shape index (κ2) is 4.96. The van der Waals surface area contributed by atoms with E-state index in [0.29, 0.717) is 0 Å². The molecule has 3 heteroatoms. The molecule has 0 bridgehead atoms. The fourth-order valence-corrected chi connectivity index (χ4v) is 1.95. The van der Waals surface area contributed by atoms with Crippen LogP contribution >= 0.6 is 0 Å². The van der Waals surface area contributed by atoms with Gasteiger partial charge in [0.25, 0.3) is 0 Å². The van der Waals surface area contributed by atoms with Crippen LogP contribution in [0.4, 0.5) is 0 Å². The molecular weight excluding hydrogens is 226 g/mol. The zero-order valence-corrected chi connectivity index (χ0v) is 10.6. The van der Waals surface area contributed by atoms with Gasteiger partial charge in [0, 0.05) is 5.54 Å². The van der Waals surface area contributed by atoms with Gasteiger partial charge in [0.2, 0.25) is 0 Å². The average molecular weight is 245 g/mol. The molecule has 1 atom stereocenters. The Morgan fingerprint density at radius 3 is 2.50 bits per heavy atom. The summed E-state index contributed by atoms with van der Waals surface area (Å²) in [7, 11) is 0. The molecule has 2 aromatic rings. The molecule has 0 spiro atoms. The van der Waals surface area contributed by atoms with E-state index in [0.717, 1.165) is 23.6 Å². The zero-order chi connectivity index (χ0) is 13.2. The first-order valence-electron chi connectivity index (χ1n) is 6.12. The number of phenolic OH excluding ortho intramolecular Hbond substituents is 1. The fourth-order valence-electron chi connectivity index (χ4n) is 1.95. The lowest BCUT2D eigenvalue weighted by Gasteiger charge is -2.21. The molecule has 2 rings (SSSR count). The number of rotatable bonds is 4. The van der Waals surface area contributed by atoms with Gasteiger partial charge in [0.1, 0.15) is 5.75 Å². The van der Waals surface area contributed by atoms with Crippen molar-refractivity contribution in [2.45, 2.75) is 25.3 Å². The smallest absolute Gasteiger partial charge is 0.116 e. The van der Waals surface area contributed by atoms with Gasteiger partial charge in [-0.1, -0.05) is 24.3 Å². The second-order valence-electron chi connectivity index (χ2n) is 5.18. The van der Waals surface area contributed by atoms with Gasteiger partial charge in [-0.05, 0) is 48.2 Å². The first-order chi connectivity index (χ1) is 8.50. The van der Waals surface area contributed by atoms with Crippen LogP contribution in [-0.4, -0.2) is 22.4 Å². The Balaban J connectivity index is 2.18. The van der Waals surface area contributed by atoms with Crippen LogP contribution in [0.2, 0.25) is 0 Å². The Morgan fingerprint density at radius 2 is 1.78 bits per heavy atom. The van der Waals surface area contributed by atoms with E-state index < -0.39 is 5.54 Å². The highest BCUT2D eigenvalue weighted by atomic mass is 16.3. The van der Waals surface area contributed by atoms with Crippen LogP contribution in [0.25, 0.3) is 10.8 Å². The fraction of sp³-hybridized carbons (Fsp3) is 0.333. The molecule has 0 saturated carbocycles. The quantitative estimate of drug-likeness (QED) is 0.773. The van der Waals surface area contributed by atoms with Crippen LogP contribution in [0.1, 0.15) is 18.9 Å². The molecule has 0 radical (unpaired) electrons. The molecule has 0 aromatic heterocycles. The maximum Gasteiger partial charge on any atom is 0.116 e. The van der Waals surface area contributed by atoms with E-state index in [1.54, 1.807) is 12.1 Å². The van der Waals surface area contributed by atoms with E-state index in [1.807, 2.05) is 25.1 Å². The summed E-state index contributed by atoms with van der Waals surface area (Å²) in [4.78, 5) is 0. The van der Waals surface area contributed by atoms with Crippen molar-refractivity contribution in [1.82, 2.24) is 0 Å². The zero-order valence-electron chi connectivity index (χ0n) is 10.6. The molecule has 0 aliphatic rings. The lowest BCUT2D eigenvalue weighted by Crippen LogP contribution is -2.40. The molecule has 96 valence electrons. The number of aromatic hydroxyl groups is 1. The summed E-state index contributed by atoms with van der Waals surface area (Å²) in [5.74, 6) is 0.282. The summed E-state index contributed by atoms with van der Waals surface area (Å²) in [6.45, 7) is 1.85. The summed E-state index contributed by atoms with van der Waals surface area (Å²) in [6, 6.07) is 11.5. The normalized spacial score (nSPS) is 14.6. The molecule has 0 heterocycles. The molecule has 2 aromatic carbocycles. The van der Waals surface area contributed by atoms with Crippen molar-refractivity contribution in [2.24, 2.45) is 5.73 Å². The molecular formula is C15H19NO2. The first kappa shape index (κ1) is 12.9. The van der Waals surface area contributed by atoms with Gasteiger partial charge in [-0.2, -0.15) is 0 Å². The number of phenols is 1. The van der Waals surface area contributed by atoms with Crippen molar-refractivity contribution in [1.29, 1.82) is 0 Å². The number of benzene rings is 2. The van der Waals surface area contributed by atoms with Crippen molar-refractivity contribution in [3.05, 3.63) is 42.0 Å². The van der Waals surface area contributed by atoms with Crippen molar-refractivity contribution in [3.63, 3.8) is 0 Å². The van der Waals surface area contributed by atoms with E-state index >= 15 is 0 Å². The summed E-state index contributed by atoms with van der Waals surface area (Å²) in [6.07, 6.45) is 1.58. The van der Waals surface area contributed by atoms with Crippen LogP contribution in [0, 0.1) is 0 Å². The van der Waals surface area contributed by atoms with Crippen LogP contribution < -0.4 is 5.73 Å². The predicted molar refractivity (Wildman–Crippen MR) is 73.6 cm³/mol. The standard InChI is InChI=1S/C15H19NO2/c1-15(16,10-17)7-6-11-2-3-13-9-14(18)5-4-12(13)8-11/h2-5,8-9,17-18H,6-7,10,16H2,1H3. The van der Waals surface area contributed by atoms with E-state index in [1.165, 1.54) is 5.56 Å². The minimum absolute atomic E-state index is 0.00550. The van der Waals surface area contributed by atoms with Crippen LogP contribution in [0.15, 0.2) is 36.4 Å². The second-order valence-corrected chi connectivity index (χ2v) is 5.18. The maximum absolute atomic E-state index is 9.40. The Kier molecular flexibility index (Phi) is 3.55. The summed E-state index contributed by atoms with van der Waals surface area (Å²) in [5, 5.41) is 20.6. The monoisotopic (exact) mass is 245 g/mol. The molecule has 0 aliphatic heterocycles. The van der Waals surface area contributed by atoms with E-state index in [2.05, 4.69) is 6.07 Å². The van der Waals surface area contributed by atoms with Crippen LogP contribution in [0.3, 0.4) is 0 Å². The molecule has 0 fully saturated rings. The van der Waals surface area contributed by atoms with Gasteiger partial charge in [0.15, 0.2) is 0 Å². The number of hydrogen-bond donors (Lipinski definition) is 3. The molecule has 0 amide bonds. The highest BCUT2D eigenvalue weighted by Gasteiger charge is 2.16. The van der Waals surface area contributed by atoms with E-state index in [9.17, 15) is 5.11 Å². The van der Waals surface area contributed by atoms with Gasteiger partial charge in [0.05, 0.1) is 6.61 Å². The van der Waals surface area contributed by atoms with Crippen LogP contribution in [0.5, 0.6) is 5.75 Å². The topological polar surface area (TPSA) is 66.5 Å². The Labute approximate surface area is 107 Å². The van der Waals surface area contributed by atoms with E-state index in [4.69, 9.17) is 10.8 Å². The van der Waals surface area contributed by atoms with E-state index in [-0.39, 0.29) is 12.4 Å². The van der Waals surface area contributed by atoms with Crippen molar-refractivity contribution in [2.75, 3.05) is 6.61 Å². The minimum atomic E-state index is -0.524. The van der Waals surface area contributed by atoms with Gasteiger partial charge in [-0.25, -0.2) is 0 Å². The van der Waals surface area contributed by atoms with Crippen molar-refractivity contribution >= 4 is 10.8 Å². The predicted octanol–water partition coefficient (Wildman–Crippen LogP) is 2.19. The van der Waals surface area contributed by atoms with Crippen molar-refractivity contribution in [3.8, 4) is 5.75 Å². The number of aliphatic hydroxyl groups is 1. The van der Waals surface area contributed by atoms with Gasteiger partial charge in [-0.15, -0.1) is 0 Å². The van der Waals surface area contributed by atoms with Crippen molar-refractivity contribution < 1.29 is 10.2 Å². The van der Waals surface area contributed by atoms with Gasteiger partial charge < -0.3 is 15.9 Å². The number of fused-ring (bicyclic) bond motifs is 1.